The highest BCUT2D eigenvalue weighted by atomic mass is 16.2. The van der Waals surface area contributed by atoms with Crippen molar-refractivity contribution in [3.05, 3.63) is 35.9 Å². The van der Waals surface area contributed by atoms with E-state index in [0.717, 1.165) is 5.56 Å². The summed E-state index contributed by atoms with van der Waals surface area (Å²) in [6.07, 6.45) is 0. The lowest BCUT2D eigenvalue weighted by atomic mass is 10.2. The van der Waals surface area contributed by atoms with E-state index < -0.39 is 12.1 Å². The number of rotatable bonds is 4. The van der Waals surface area contributed by atoms with E-state index in [0.29, 0.717) is 6.54 Å². The van der Waals surface area contributed by atoms with Gasteiger partial charge in [0.2, 0.25) is 5.91 Å². The predicted molar refractivity (Wildman–Crippen MR) is 65.1 cm³/mol. The molecule has 0 saturated carbocycles. The normalized spacial score (nSPS) is 11.6. The number of hydrogen-bond donors (Lipinski definition) is 2. The number of nitrogens with one attached hydrogen (secondary N) is 1. The van der Waals surface area contributed by atoms with E-state index in [4.69, 9.17) is 5.73 Å². The minimum absolute atomic E-state index is 0.173. The van der Waals surface area contributed by atoms with Crippen LogP contribution in [0, 0.1) is 0 Å². The second-order valence-electron chi connectivity index (χ2n) is 3.91. The van der Waals surface area contributed by atoms with Gasteiger partial charge in [-0.05, 0) is 12.5 Å². The molecule has 0 saturated heterocycles. The van der Waals surface area contributed by atoms with E-state index >= 15 is 0 Å². The summed E-state index contributed by atoms with van der Waals surface area (Å²) in [6.45, 7) is 2.11. The van der Waals surface area contributed by atoms with Crippen LogP contribution in [-0.4, -0.2) is 29.9 Å². The molecule has 1 aromatic carbocycles. The Morgan fingerprint density at radius 2 is 1.94 bits per heavy atom. The molecule has 0 radical (unpaired) electrons. The highest BCUT2D eigenvalue weighted by Crippen LogP contribution is 2.03. The van der Waals surface area contributed by atoms with Gasteiger partial charge in [-0.25, -0.2) is 4.79 Å². The smallest absolute Gasteiger partial charge is 0.312 e. The Morgan fingerprint density at radius 1 is 1.35 bits per heavy atom. The van der Waals surface area contributed by atoms with Gasteiger partial charge in [-0.3, -0.25) is 4.79 Å². The molecule has 0 aliphatic heterocycles. The number of urea groups is 1. The molecular formula is C12H17N3O2. The number of carbonyl (C=O) groups excluding carboxylic acids is 2. The Labute approximate surface area is 101 Å². The number of likely N-dealkylation sites (N-methyl/N-ethyl adjacent to an activating group) is 1. The Hall–Kier alpha value is -2.04. The number of nitrogens with two attached hydrogens (primary N) is 1. The molecule has 1 unspecified atom stereocenters. The van der Waals surface area contributed by atoms with Gasteiger partial charge in [0.15, 0.2) is 0 Å². The van der Waals surface area contributed by atoms with Crippen molar-refractivity contribution in [2.45, 2.75) is 19.5 Å². The highest BCUT2D eigenvalue weighted by molar-refractivity contribution is 5.85. The summed E-state index contributed by atoms with van der Waals surface area (Å²) in [5.41, 5.74) is 6.00. The van der Waals surface area contributed by atoms with Crippen molar-refractivity contribution >= 4 is 11.9 Å². The first-order valence-corrected chi connectivity index (χ1v) is 5.35. The summed E-state index contributed by atoms with van der Waals surface area (Å²) in [4.78, 5) is 24.0. The van der Waals surface area contributed by atoms with Gasteiger partial charge in [0.25, 0.3) is 0 Å². The van der Waals surface area contributed by atoms with Gasteiger partial charge in [-0.1, -0.05) is 30.3 Å². The van der Waals surface area contributed by atoms with E-state index in [1.807, 2.05) is 30.3 Å². The summed E-state index contributed by atoms with van der Waals surface area (Å²) in [7, 11) is 1.69. The molecule has 1 rings (SSSR count). The van der Waals surface area contributed by atoms with E-state index in [1.165, 1.54) is 0 Å². The van der Waals surface area contributed by atoms with Crippen molar-refractivity contribution in [2.24, 2.45) is 5.73 Å². The van der Waals surface area contributed by atoms with Crippen LogP contribution in [0.3, 0.4) is 0 Å². The van der Waals surface area contributed by atoms with Crippen LogP contribution in [0.2, 0.25) is 0 Å². The Morgan fingerprint density at radius 3 is 2.47 bits per heavy atom. The molecule has 5 nitrogen and oxygen atoms in total. The van der Waals surface area contributed by atoms with Crippen LogP contribution < -0.4 is 11.1 Å². The predicted octanol–water partition coefficient (Wildman–Crippen LogP) is 0.702. The SMILES string of the molecule is CC(NC(N)=O)C(=O)N(C)Cc1ccccc1. The fraction of sp³-hybridized carbons (Fsp3) is 0.333. The second-order valence-corrected chi connectivity index (χ2v) is 3.91. The number of primary amides is 1. The summed E-state index contributed by atoms with van der Waals surface area (Å²) in [6, 6.07) is 8.33. The van der Waals surface area contributed by atoms with E-state index in [1.54, 1.807) is 18.9 Å². The van der Waals surface area contributed by atoms with Gasteiger partial charge in [0, 0.05) is 13.6 Å². The number of benzene rings is 1. The average Bonchev–Trinajstić information content (AvgIpc) is 2.28. The zero-order valence-corrected chi connectivity index (χ0v) is 10.0. The fourth-order valence-electron chi connectivity index (χ4n) is 1.54. The third kappa shape index (κ3) is 4.14. The van der Waals surface area contributed by atoms with Gasteiger partial charge in [-0.15, -0.1) is 0 Å². The zero-order valence-electron chi connectivity index (χ0n) is 10.0. The van der Waals surface area contributed by atoms with Crippen LogP contribution in [0.15, 0.2) is 30.3 Å². The molecule has 3 N–H and O–H groups in total. The molecule has 3 amide bonds. The summed E-state index contributed by atoms with van der Waals surface area (Å²) < 4.78 is 0. The molecule has 1 atom stereocenters. The van der Waals surface area contributed by atoms with Crippen LogP contribution in [-0.2, 0) is 11.3 Å². The second kappa shape index (κ2) is 5.89. The average molecular weight is 235 g/mol. The molecule has 1 aromatic rings. The Bertz CT molecular complexity index is 392. The summed E-state index contributed by atoms with van der Waals surface area (Å²) >= 11 is 0. The monoisotopic (exact) mass is 235 g/mol. The van der Waals surface area contributed by atoms with Crippen molar-refractivity contribution in [1.82, 2.24) is 10.2 Å². The number of amides is 3. The van der Waals surface area contributed by atoms with Crippen molar-refractivity contribution in [1.29, 1.82) is 0 Å². The van der Waals surface area contributed by atoms with Crippen LogP contribution in [0.5, 0.6) is 0 Å². The van der Waals surface area contributed by atoms with Crippen molar-refractivity contribution in [3.63, 3.8) is 0 Å². The highest BCUT2D eigenvalue weighted by Gasteiger charge is 2.18. The molecule has 0 aliphatic carbocycles. The Kier molecular flexibility index (Phi) is 4.51. The van der Waals surface area contributed by atoms with Crippen LogP contribution in [0.1, 0.15) is 12.5 Å². The van der Waals surface area contributed by atoms with Gasteiger partial charge >= 0.3 is 6.03 Å². The first-order chi connectivity index (χ1) is 8.00. The minimum Gasteiger partial charge on any atom is -0.352 e. The van der Waals surface area contributed by atoms with Crippen molar-refractivity contribution in [3.8, 4) is 0 Å². The van der Waals surface area contributed by atoms with Crippen LogP contribution in [0.25, 0.3) is 0 Å². The number of nitrogens with zero attached hydrogens (tertiary/aromatic N) is 1. The molecule has 0 spiro atoms. The zero-order chi connectivity index (χ0) is 12.8. The third-order valence-corrected chi connectivity index (χ3v) is 2.37. The lowest BCUT2D eigenvalue weighted by Crippen LogP contribution is -2.47. The molecule has 0 aromatic heterocycles. The quantitative estimate of drug-likeness (QED) is 0.806. The largest absolute Gasteiger partial charge is 0.352 e. The Balaban J connectivity index is 2.55. The first kappa shape index (κ1) is 13.0. The van der Waals surface area contributed by atoms with Crippen molar-refractivity contribution < 1.29 is 9.59 Å². The third-order valence-electron chi connectivity index (χ3n) is 2.37. The van der Waals surface area contributed by atoms with Gasteiger partial charge < -0.3 is 16.0 Å². The first-order valence-electron chi connectivity index (χ1n) is 5.35. The molecule has 17 heavy (non-hydrogen) atoms. The molecule has 5 heteroatoms. The van der Waals surface area contributed by atoms with Crippen LogP contribution in [0.4, 0.5) is 4.79 Å². The maximum absolute atomic E-state index is 11.8. The molecule has 0 bridgehead atoms. The lowest BCUT2D eigenvalue weighted by molar-refractivity contribution is -0.132. The fourth-order valence-corrected chi connectivity index (χ4v) is 1.54. The maximum Gasteiger partial charge on any atom is 0.312 e. The standard InChI is InChI=1S/C12H17N3O2/c1-9(14-12(13)17)11(16)15(2)8-10-6-4-3-5-7-10/h3-7,9H,8H2,1-2H3,(H3,13,14,17). The van der Waals surface area contributed by atoms with Gasteiger partial charge in [0.1, 0.15) is 6.04 Å². The minimum atomic E-state index is -0.695. The van der Waals surface area contributed by atoms with Gasteiger partial charge in [0.05, 0.1) is 0 Å². The number of hydrogen-bond acceptors (Lipinski definition) is 2. The molecule has 0 fully saturated rings. The molecule has 0 heterocycles. The number of carbonyl (C=O) groups is 2. The lowest BCUT2D eigenvalue weighted by Gasteiger charge is -2.21. The van der Waals surface area contributed by atoms with E-state index in [9.17, 15) is 9.59 Å². The van der Waals surface area contributed by atoms with Crippen molar-refractivity contribution in [2.75, 3.05) is 7.05 Å². The topological polar surface area (TPSA) is 75.4 Å². The molecule has 92 valence electrons. The van der Waals surface area contributed by atoms with E-state index in [-0.39, 0.29) is 5.91 Å². The summed E-state index contributed by atoms with van der Waals surface area (Å²) in [5.74, 6) is -0.173. The molecular weight excluding hydrogens is 218 g/mol. The van der Waals surface area contributed by atoms with Crippen LogP contribution >= 0.6 is 0 Å². The van der Waals surface area contributed by atoms with E-state index in [2.05, 4.69) is 5.32 Å². The molecule has 0 aliphatic rings. The van der Waals surface area contributed by atoms with Gasteiger partial charge in [-0.2, -0.15) is 0 Å². The summed E-state index contributed by atoms with van der Waals surface area (Å²) in [5, 5.41) is 2.36. The maximum atomic E-state index is 11.8.